The number of carbonyl (C=O) groups is 1. The summed E-state index contributed by atoms with van der Waals surface area (Å²) in [6, 6.07) is 5.24. The number of H-pyrrole nitrogens is 1. The van der Waals surface area contributed by atoms with Crippen LogP contribution in [0.25, 0.3) is 0 Å². The Bertz CT molecular complexity index is 692. The smallest absolute Gasteiger partial charge is 0.251 e. The summed E-state index contributed by atoms with van der Waals surface area (Å²) in [5, 5.41) is 2.98. The molecule has 104 valence electrons. The van der Waals surface area contributed by atoms with Gasteiger partial charge in [-0.2, -0.15) is 0 Å². The van der Waals surface area contributed by atoms with E-state index in [1.54, 1.807) is 0 Å². The topological polar surface area (TPSA) is 74.8 Å². The normalized spacial score (nSPS) is 10.3. The van der Waals surface area contributed by atoms with Crippen LogP contribution >= 0.6 is 23.4 Å². The fourth-order valence-corrected chi connectivity index (χ4v) is 2.14. The number of hydrogen-bond donors (Lipinski definition) is 2. The van der Waals surface area contributed by atoms with Crippen LogP contribution < -0.4 is 10.9 Å². The number of aromatic amines is 1. The number of aromatic nitrogens is 2. The number of carbonyl (C=O) groups excluding carboxylic acids is 1. The second-order valence-corrected chi connectivity index (χ2v) is 5.10. The molecule has 8 heteroatoms. The molecule has 1 aromatic heterocycles. The molecule has 0 saturated heterocycles. The van der Waals surface area contributed by atoms with E-state index < -0.39 is 11.7 Å². The van der Waals surface area contributed by atoms with Gasteiger partial charge in [-0.05, 0) is 18.2 Å². The Morgan fingerprint density at radius 3 is 2.95 bits per heavy atom. The highest BCUT2D eigenvalue weighted by atomic mass is 35.5. The molecule has 1 amide bonds. The van der Waals surface area contributed by atoms with Crippen molar-refractivity contribution < 1.29 is 9.18 Å². The molecule has 1 heterocycles. The van der Waals surface area contributed by atoms with E-state index >= 15 is 0 Å². The van der Waals surface area contributed by atoms with Crippen molar-refractivity contribution in [1.29, 1.82) is 0 Å². The Morgan fingerprint density at radius 2 is 2.25 bits per heavy atom. The zero-order chi connectivity index (χ0) is 14.5. The van der Waals surface area contributed by atoms with Gasteiger partial charge in [0.25, 0.3) is 5.56 Å². The standard InChI is InChI=1S/C12H9ClFN3O2S/c13-7-1-2-9(8(14)5-7)16-11(19)6-20-12-15-4-3-10(18)17-12/h1-5H,6H2,(H,16,19)(H,15,17,18). The van der Waals surface area contributed by atoms with Crippen LogP contribution in [0.3, 0.4) is 0 Å². The molecule has 1 aromatic carbocycles. The molecule has 2 aromatic rings. The second-order valence-electron chi connectivity index (χ2n) is 3.70. The molecule has 0 saturated carbocycles. The Hall–Kier alpha value is -1.86. The Kier molecular flexibility index (Phi) is 4.75. The summed E-state index contributed by atoms with van der Waals surface area (Å²) in [6.45, 7) is 0. The van der Waals surface area contributed by atoms with E-state index in [1.165, 1.54) is 24.4 Å². The lowest BCUT2D eigenvalue weighted by molar-refractivity contribution is -0.113. The van der Waals surface area contributed by atoms with E-state index in [2.05, 4.69) is 15.3 Å². The summed E-state index contributed by atoms with van der Waals surface area (Å²) in [5.74, 6) is -1.03. The number of nitrogens with one attached hydrogen (secondary N) is 2. The van der Waals surface area contributed by atoms with E-state index in [0.29, 0.717) is 5.16 Å². The predicted molar refractivity (Wildman–Crippen MR) is 75.6 cm³/mol. The van der Waals surface area contributed by atoms with Crippen LogP contribution in [0.15, 0.2) is 40.4 Å². The molecule has 0 bridgehead atoms. The monoisotopic (exact) mass is 313 g/mol. The van der Waals surface area contributed by atoms with E-state index in [1.807, 2.05) is 0 Å². The molecule has 0 unspecified atom stereocenters. The number of hydrogen-bond acceptors (Lipinski definition) is 4. The molecule has 2 rings (SSSR count). The largest absolute Gasteiger partial charge is 0.323 e. The highest BCUT2D eigenvalue weighted by molar-refractivity contribution is 7.99. The van der Waals surface area contributed by atoms with Gasteiger partial charge in [0.1, 0.15) is 5.82 Å². The zero-order valence-corrected chi connectivity index (χ0v) is 11.6. The first-order valence-electron chi connectivity index (χ1n) is 5.47. The molecule has 0 aliphatic carbocycles. The predicted octanol–water partition coefficient (Wildman–Crippen LogP) is 2.29. The maximum atomic E-state index is 13.5. The molecule has 0 aliphatic rings. The highest BCUT2D eigenvalue weighted by Gasteiger charge is 2.08. The van der Waals surface area contributed by atoms with Crippen molar-refractivity contribution in [3.63, 3.8) is 0 Å². The average molecular weight is 314 g/mol. The summed E-state index contributed by atoms with van der Waals surface area (Å²) in [6.07, 6.45) is 1.35. The molecule has 0 radical (unpaired) electrons. The lowest BCUT2D eigenvalue weighted by Gasteiger charge is -2.06. The van der Waals surface area contributed by atoms with Crippen LogP contribution in [0.1, 0.15) is 0 Å². The van der Waals surface area contributed by atoms with Gasteiger partial charge in [0.05, 0.1) is 11.4 Å². The van der Waals surface area contributed by atoms with Crippen LogP contribution in [0, 0.1) is 5.82 Å². The van der Waals surface area contributed by atoms with Crippen molar-refractivity contribution in [3.8, 4) is 0 Å². The van der Waals surface area contributed by atoms with Gasteiger partial charge >= 0.3 is 0 Å². The summed E-state index contributed by atoms with van der Waals surface area (Å²) in [4.78, 5) is 29.0. The molecule has 2 N–H and O–H groups in total. The maximum absolute atomic E-state index is 13.5. The third-order valence-electron chi connectivity index (χ3n) is 2.19. The maximum Gasteiger partial charge on any atom is 0.251 e. The minimum atomic E-state index is -0.609. The van der Waals surface area contributed by atoms with Gasteiger partial charge in [-0.15, -0.1) is 0 Å². The first-order valence-corrected chi connectivity index (χ1v) is 6.84. The van der Waals surface area contributed by atoms with Crippen molar-refractivity contribution in [1.82, 2.24) is 9.97 Å². The lowest BCUT2D eigenvalue weighted by atomic mass is 10.3. The molecule has 0 aliphatic heterocycles. The first-order chi connectivity index (χ1) is 9.54. The van der Waals surface area contributed by atoms with Gasteiger partial charge in [-0.1, -0.05) is 23.4 Å². The van der Waals surface area contributed by atoms with E-state index in [9.17, 15) is 14.0 Å². The van der Waals surface area contributed by atoms with Crippen molar-refractivity contribution in [2.24, 2.45) is 0 Å². The number of thioether (sulfide) groups is 1. The fraction of sp³-hybridized carbons (Fsp3) is 0.0833. The van der Waals surface area contributed by atoms with E-state index in [4.69, 9.17) is 11.6 Å². The molecule has 20 heavy (non-hydrogen) atoms. The third-order valence-corrected chi connectivity index (χ3v) is 3.32. The van der Waals surface area contributed by atoms with Gasteiger partial charge in [-0.25, -0.2) is 9.37 Å². The molecule has 0 fully saturated rings. The van der Waals surface area contributed by atoms with Gasteiger partial charge in [0, 0.05) is 17.3 Å². The second kappa shape index (κ2) is 6.53. The van der Waals surface area contributed by atoms with E-state index in [-0.39, 0.29) is 22.0 Å². The average Bonchev–Trinajstić information content (AvgIpc) is 2.40. The lowest BCUT2D eigenvalue weighted by Crippen LogP contribution is -2.16. The number of benzene rings is 1. The molecular weight excluding hydrogens is 305 g/mol. The van der Waals surface area contributed by atoms with Gasteiger partial charge in [0.15, 0.2) is 5.16 Å². The summed E-state index contributed by atoms with van der Waals surface area (Å²) in [7, 11) is 0. The van der Waals surface area contributed by atoms with Gasteiger partial charge in [-0.3, -0.25) is 9.59 Å². The number of halogens is 2. The number of anilines is 1. The number of rotatable bonds is 4. The molecule has 0 atom stereocenters. The van der Waals surface area contributed by atoms with Crippen molar-refractivity contribution in [2.75, 3.05) is 11.1 Å². The zero-order valence-electron chi connectivity index (χ0n) is 10.0. The summed E-state index contributed by atoms with van der Waals surface area (Å²) in [5.41, 5.74) is -0.249. The SMILES string of the molecule is O=C(CSc1nccc(=O)[nH]1)Nc1ccc(Cl)cc1F. The van der Waals surface area contributed by atoms with Crippen molar-refractivity contribution in [3.05, 3.63) is 51.7 Å². The summed E-state index contributed by atoms with van der Waals surface area (Å²) < 4.78 is 13.5. The van der Waals surface area contributed by atoms with Crippen LogP contribution in [0.2, 0.25) is 5.02 Å². The minimum absolute atomic E-state index is 0.00494. The van der Waals surface area contributed by atoms with Gasteiger partial charge in [0.2, 0.25) is 5.91 Å². The van der Waals surface area contributed by atoms with Crippen molar-refractivity contribution >= 4 is 35.0 Å². The van der Waals surface area contributed by atoms with Crippen LogP contribution in [-0.2, 0) is 4.79 Å². The molecule has 5 nitrogen and oxygen atoms in total. The Labute approximate surface area is 122 Å². The van der Waals surface area contributed by atoms with Crippen LogP contribution in [0.4, 0.5) is 10.1 Å². The van der Waals surface area contributed by atoms with Crippen molar-refractivity contribution in [2.45, 2.75) is 5.16 Å². The Balaban J connectivity index is 1.94. The van der Waals surface area contributed by atoms with Crippen LogP contribution in [0.5, 0.6) is 0 Å². The number of nitrogens with zero attached hydrogens (tertiary/aromatic N) is 1. The highest BCUT2D eigenvalue weighted by Crippen LogP contribution is 2.19. The molecular formula is C12H9ClFN3O2S. The summed E-state index contributed by atoms with van der Waals surface area (Å²) >= 11 is 6.65. The third kappa shape index (κ3) is 4.07. The van der Waals surface area contributed by atoms with E-state index in [0.717, 1.165) is 17.8 Å². The first kappa shape index (κ1) is 14.5. The quantitative estimate of drug-likeness (QED) is 0.671. The minimum Gasteiger partial charge on any atom is -0.323 e. The number of amides is 1. The Morgan fingerprint density at radius 1 is 1.45 bits per heavy atom. The van der Waals surface area contributed by atoms with Crippen LogP contribution in [-0.4, -0.2) is 21.6 Å². The fourth-order valence-electron chi connectivity index (χ4n) is 1.34. The van der Waals surface area contributed by atoms with Gasteiger partial charge < -0.3 is 10.3 Å². The molecule has 0 spiro atoms.